The predicted molar refractivity (Wildman–Crippen MR) is 81.7 cm³/mol. The first-order valence-corrected chi connectivity index (χ1v) is 6.94. The minimum absolute atomic E-state index is 0.0452. The molecule has 2 rings (SSSR count). The van der Waals surface area contributed by atoms with Crippen LogP contribution in [0.1, 0.15) is 5.56 Å². The van der Waals surface area contributed by atoms with E-state index >= 15 is 0 Å². The van der Waals surface area contributed by atoms with Crippen LogP contribution < -0.4 is 14.8 Å². The van der Waals surface area contributed by atoms with Gasteiger partial charge in [-0.2, -0.15) is 0 Å². The number of ether oxygens (including phenoxy) is 2. The molecule has 116 valence electrons. The summed E-state index contributed by atoms with van der Waals surface area (Å²) in [7, 11) is 1.59. The first-order valence-electron chi connectivity index (χ1n) is 6.56. The number of carbonyl (C=O) groups excluding carboxylic acids is 1. The highest BCUT2D eigenvalue weighted by Crippen LogP contribution is 2.20. The van der Waals surface area contributed by atoms with Gasteiger partial charge in [-0.15, -0.1) is 0 Å². The second-order valence-corrected chi connectivity index (χ2v) is 4.90. The highest BCUT2D eigenvalue weighted by molar-refractivity contribution is 6.30. The Kier molecular flexibility index (Phi) is 5.61. The topological polar surface area (TPSA) is 47.6 Å². The van der Waals surface area contributed by atoms with Gasteiger partial charge in [0.1, 0.15) is 17.3 Å². The lowest BCUT2D eigenvalue weighted by atomic mass is 10.2. The summed E-state index contributed by atoms with van der Waals surface area (Å²) in [4.78, 5) is 11.7. The van der Waals surface area contributed by atoms with Gasteiger partial charge >= 0.3 is 0 Å². The van der Waals surface area contributed by atoms with Crippen molar-refractivity contribution in [2.24, 2.45) is 0 Å². The van der Waals surface area contributed by atoms with Crippen molar-refractivity contribution in [3.05, 3.63) is 58.9 Å². The Bertz CT molecular complexity index is 646. The van der Waals surface area contributed by atoms with E-state index in [1.807, 2.05) is 24.3 Å². The average molecular weight is 324 g/mol. The van der Waals surface area contributed by atoms with E-state index in [2.05, 4.69) is 5.32 Å². The van der Waals surface area contributed by atoms with E-state index < -0.39 is 5.82 Å². The van der Waals surface area contributed by atoms with Crippen LogP contribution in [0.5, 0.6) is 11.5 Å². The fourth-order valence-corrected chi connectivity index (χ4v) is 1.88. The molecule has 6 heteroatoms. The summed E-state index contributed by atoms with van der Waals surface area (Å²) < 4.78 is 23.3. The molecule has 0 aliphatic carbocycles. The fraction of sp³-hybridized carbons (Fsp3) is 0.188. The zero-order chi connectivity index (χ0) is 15.9. The number of halogens is 2. The van der Waals surface area contributed by atoms with Gasteiger partial charge in [-0.25, -0.2) is 4.39 Å². The van der Waals surface area contributed by atoms with Gasteiger partial charge in [-0.1, -0.05) is 23.7 Å². The molecule has 0 fully saturated rings. The largest absolute Gasteiger partial charge is 0.497 e. The molecule has 0 saturated heterocycles. The predicted octanol–water partition coefficient (Wildman–Crippen LogP) is 3.18. The molecule has 0 spiro atoms. The Balaban J connectivity index is 1.78. The normalized spacial score (nSPS) is 10.1. The van der Waals surface area contributed by atoms with Crippen LogP contribution >= 0.6 is 11.6 Å². The molecule has 1 amide bonds. The molecule has 0 aliphatic rings. The summed E-state index contributed by atoms with van der Waals surface area (Å²) in [5.41, 5.74) is 0.943. The first kappa shape index (κ1) is 16.1. The Morgan fingerprint density at radius 3 is 2.50 bits per heavy atom. The van der Waals surface area contributed by atoms with Gasteiger partial charge in [0.25, 0.3) is 5.91 Å². The molecule has 4 nitrogen and oxygen atoms in total. The Hall–Kier alpha value is -2.27. The van der Waals surface area contributed by atoms with Crippen LogP contribution in [0, 0.1) is 5.82 Å². The van der Waals surface area contributed by atoms with Gasteiger partial charge in [0.2, 0.25) is 0 Å². The maximum atomic E-state index is 13.0. The van der Waals surface area contributed by atoms with Gasteiger partial charge in [0.15, 0.2) is 6.61 Å². The highest BCUT2D eigenvalue weighted by atomic mass is 35.5. The van der Waals surface area contributed by atoms with E-state index in [0.717, 1.165) is 11.3 Å². The lowest BCUT2D eigenvalue weighted by Gasteiger charge is -2.08. The van der Waals surface area contributed by atoms with Crippen LogP contribution in [0.15, 0.2) is 42.5 Å². The van der Waals surface area contributed by atoms with Crippen molar-refractivity contribution in [3.63, 3.8) is 0 Å². The van der Waals surface area contributed by atoms with E-state index in [9.17, 15) is 9.18 Å². The molecule has 0 aliphatic heterocycles. The Labute approximate surface area is 132 Å². The van der Waals surface area contributed by atoms with E-state index in [1.54, 1.807) is 7.11 Å². The standard InChI is InChI=1S/C16H15ClFNO3/c1-21-12-4-2-11(3-5-12)9-19-16(20)10-22-13-6-7-15(18)14(17)8-13/h2-8H,9-10H2,1H3,(H,19,20). The number of amides is 1. The molecule has 0 heterocycles. The monoisotopic (exact) mass is 323 g/mol. The van der Waals surface area contributed by atoms with Crippen LogP contribution in [0.2, 0.25) is 5.02 Å². The van der Waals surface area contributed by atoms with Crippen molar-refractivity contribution in [2.45, 2.75) is 6.54 Å². The molecule has 22 heavy (non-hydrogen) atoms. The van der Waals surface area contributed by atoms with Crippen molar-refractivity contribution < 1.29 is 18.7 Å². The molecular weight excluding hydrogens is 309 g/mol. The van der Waals surface area contributed by atoms with Gasteiger partial charge in [-0.05, 0) is 29.8 Å². The van der Waals surface area contributed by atoms with E-state index in [0.29, 0.717) is 12.3 Å². The van der Waals surface area contributed by atoms with Gasteiger partial charge in [-0.3, -0.25) is 4.79 Å². The van der Waals surface area contributed by atoms with Crippen LogP contribution in [0.4, 0.5) is 4.39 Å². The highest BCUT2D eigenvalue weighted by Gasteiger charge is 2.05. The molecule has 0 radical (unpaired) electrons. The van der Waals surface area contributed by atoms with Crippen molar-refractivity contribution in [2.75, 3.05) is 13.7 Å². The SMILES string of the molecule is COc1ccc(CNC(=O)COc2ccc(F)c(Cl)c2)cc1. The molecule has 0 bridgehead atoms. The average Bonchev–Trinajstić information content (AvgIpc) is 2.54. The number of benzene rings is 2. The van der Waals surface area contributed by atoms with E-state index in [-0.39, 0.29) is 17.5 Å². The van der Waals surface area contributed by atoms with Crippen LogP contribution in [0.3, 0.4) is 0 Å². The number of methoxy groups -OCH3 is 1. The summed E-state index contributed by atoms with van der Waals surface area (Å²) in [6.07, 6.45) is 0. The Morgan fingerprint density at radius 2 is 1.86 bits per heavy atom. The van der Waals surface area contributed by atoms with Gasteiger partial charge in [0, 0.05) is 12.6 Å². The van der Waals surface area contributed by atoms with Crippen LogP contribution in [0.25, 0.3) is 0 Å². The number of hydrogen-bond donors (Lipinski definition) is 1. The fourth-order valence-electron chi connectivity index (χ4n) is 1.71. The zero-order valence-electron chi connectivity index (χ0n) is 11.9. The summed E-state index contributed by atoms with van der Waals surface area (Å²) in [6, 6.07) is 11.3. The maximum absolute atomic E-state index is 13.0. The van der Waals surface area contributed by atoms with Crippen LogP contribution in [-0.2, 0) is 11.3 Å². The van der Waals surface area contributed by atoms with E-state index in [4.69, 9.17) is 21.1 Å². The number of nitrogens with one attached hydrogen (secondary N) is 1. The number of hydrogen-bond acceptors (Lipinski definition) is 3. The first-order chi connectivity index (χ1) is 10.6. The molecule has 0 unspecified atom stereocenters. The second kappa shape index (κ2) is 7.66. The molecular formula is C16H15ClFNO3. The smallest absolute Gasteiger partial charge is 0.258 e. The summed E-state index contributed by atoms with van der Waals surface area (Å²) in [6.45, 7) is 0.217. The lowest BCUT2D eigenvalue weighted by Crippen LogP contribution is -2.28. The summed E-state index contributed by atoms with van der Waals surface area (Å²) in [5, 5.41) is 2.68. The minimum atomic E-state index is -0.530. The second-order valence-electron chi connectivity index (χ2n) is 4.49. The van der Waals surface area contributed by atoms with Crippen molar-refractivity contribution in [3.8, 4) is 11.5 Å². The molecule has 2 aromatic rings. The third kappa shape index (κ3) is 4.63. The summed E-state index contributed by atoms with van der Waals surface area (Å²) in [5.74, 6) is 0.284. The van der Waals surface area contributed by atoms with Crippen molar-refractivity contribution in [1.82, 2.24) is 5.32 Å². The van der Waals surface area contributed by atoms with Crippen LogP contribution in [-0.4, -0.2) is 19.6 Å². The lowest BCUT2D eigenvalue weighted by molar-refractivity contribution is -0.123. The number of carbonyl (C=O) groups is 1. The third-order valence-corrected chi connectivity index (χ3v) is 3.20. The minimum Gasteiger partial charge on any atom is -0.497 e. The van der Waals surface area contributed by atoms with Crippen molar-refractivity contribution in [1.29, 1.82) is 0 Å². The quantitative estimate of drug-likeness (QED) is 0.888. The molecule has 0 aromatic heterocycles. The van der Waals surface area contributed by atoms with Gasteiger partial charge in [0.05, 0.1) is 12.1 Å². The Morgan fingerprint density at radius 1 is 1.18 bits per heavy atom. The third-order valence-electron chi connectivity index (χ3n) is 2.91. The molecule has 0 saturated carbocycles. The summed E-state index contributed by atoms with van der Waals surface area (Å²) >= 11 is 5.63. The maximum Gasteiger partial charge on any atom is 0.258 e. The van der Waals surface area contributed by atoms with Gasteiger partial charge < -0.3 is 14.8 Å². The molecule has 0 atom stereocenters. The molecule has 1 N–H and O–H groups in total. The van der Waals surface area contributed by atoms with E-state index in [1.165, 1.54) is 18.2 Å². The zero-order valence-corrected chi connectivity index (χ0v) is 12.7. The molecule has 2 aromatic carbocycles. The number of rotatable bonds is 6. The van der Waals surface area contributed by atoms with Crippen molar-refractivity contribution >= 4 is 17.5 Å².